The first-order chi connectivity index (χ1) is 15.2. The van der Waals surface area contributed by atoms with Crippen molar-refractivity contribution in [2.45, 2.75) is 13.0 Å². The van der Waals surface area contributed by atoms with E-state index in [2.05, 4.69) is 22.8 Å². The number of ether oxygens (including phenoxy) is 2. The fourth-order valence-corrected chi connectivity index (χ4v) is 4.41. The van der Waals surface area contributed by atoms with Crippen LogP contribution in [0.25, 0.3) is 22.4 Å². The summed E-state index contributed by atoms with van der Waals surface area (Å²) in [4.78, 5) is 13.6. The van der Waals surface area contributed by atoms with E-state index in [0.717, 1.165) is 46.8 Å². The van der Waals surface area contributed by atoms with Crippen molar-refractivity contribution in [3.8, 4) is 33.9 Å². The largest absolute Gasteiger partial charge is 0.493 e. The standard InChI is InChI=1S/C27H23NO3/c1-30-24-15-20-13-14-28-23(21(20)17-25(24)31-2)16-22(18-9-5-3-6-10-18)26(28)27(29)19-11-7-4-8-12-19/h3-12,15-17H,13-14H2,1-2H3. The molecule has 0 unspecified atom stereocenters. The van der Waals surface area contributed by atoms with Gasteiger partial charge in [0.15, 0.2) is 11.5 Å². The van der Waals surface area contributed by atoms with Gasteiger partial charge in [0.2, 0.25) is 5.78 Å². The number of carbonyl (C=O) groups is 1. The third-order valence-electron chi connectivity index (χ3n) is 5.92. The summed E-state index contributed by atoms with van der Waals surface area (Å²) in [7, 11) is 3.30. The predicted octanol–water partition coefficient (Wildman–Crippen LogP) is 5.63. The molecule has 1 aliphatic heterocycles. The van der Waals surface area contributed by atoms with Crippen molar-refractivity contribution in [2.75, 3.05) is 14.2 Å². The maximum atomic E-state index is 13.6. The molecule has 0 spiro atoms. The number of ketones is 1. The van der Waals surface area contributed by atoms with Gasteiger partial charge >= 0.3 is 0 Å². The average molecular weight is 409 g/mol. The molecule has 0 fully saturated rings. The van der Waals surface area contributed by atoms with Crippen LogP contribution in [-0.2, 0) is 13.0 Å². The number of hydrogen-bond acceptors (Lipinski definition) is 3. The van der Waals surface area contributed by atoms with Gasteiger partial charge in [-0.1, -0.05) is 60.7 Å². The van der Waals surface area contributed by atoms with E-state index >= 15 is 0 Å². The molecule has 0 radical (unpaired) electrons. The van der Waals surface area contributed by atoms with Crippen LogP contribution in [0.3, 0.4) is 0 Å². The summed E-state index contributed by atoms with van der Waals surface area (Å²) in [6.07, 6.45) is 0.820. The molecule has 0 bridgehead atoms. The van der Waals surface area contributed by atoms with E-state index in [4.69, 9.17) is 9.47 Å². The summed E-state index contributed by atoms with van der Waals surface area (Å²) in [5.74, 6) is 1.45. The molecule has 0 amide bonds. The zero-order valence-electron chi connectivity index (χ0n) is 17.6. The Bertz CT molecular complexity index is 1260. The summed E-state index contributed by atoms with van der Waals surface area (Å²) in [6.45, 7) is 0.735. The van der Waals surface area contributed by atoms with Crippen molar-refractivity contribution in [1.29, 1.82) is 0 Å². The van der Waals surface area contributed by atoms with Crippen LogP contribution >= 0.6 is 0 Å². The number of nitrogens with zero attached hydrogens (tertiary/aromatic N) is 1. The molecule has 0 aliphatic carbocycles. The number of carbonyl (C=O) groups excluding carboxylic acids is 1. The summed E-state index contributed by atoms with van der Waals surface area (Å²) in [5.41, 5.74) is 6.71. The molecule has 4 aromatic rings. The molecule has 0 atom stereocenters. The van der Waals surface area contributed by atoms with Crippen LogP contribution in [0.2, 0.25) is 0 Å². The Labute approximate surface area is 181 Å². The van der Waals surface area contributed by atoms with Gasteiger partial charge in [-0.25, -0.2) is 0 Å². The Morgan fingerprint density at radius 3 is 2.13 bits per heavy atom. The monoisotopic (exact) mass is 409 g/mol. The first kappa shape index (κ1) is 19.2. The minimum Gasteiger partial charge on any atom is -0.493 e. The van der Waals surface area contributed by atoms with E-state index in [1.54, 1.807) is 14.2 Å². The Hall–Kier alpha value is -3.79. The second-order valence-electron chi connectivity index (χ2n) is 7.62. The molecule has 5 rings (SSSR count). The van der Waals surface area contributed by atoms with E-state index in [1.165, 1.54) is 5.56 Å². The Morgan fingerprint density at radius 1 is 0.806 bits per heavy atom. The first-order valence-electron chi connectivity index (χ1n) is 10.3. The molecule has 1 aliphatic rings. The molecular weight excluding hydrogens is 386 g/mol. The van der Waals surface area contributed by atoms with Crippen LogP contribution in [0, 0.1) is 0 Å². The Balaban J connectivity index is 1.75. The van der Waals surface area contributed by atoms with Gasteiger partial charge in [0.1, 0.15) is 0 Å². The van der Waals surface area contributed by atoms with Crippen molar-refractivity contribution >= 4 is 5.78 Å². The number of aromatic nitrogens is 1. The lowest BCUT2D eigenvalue weighted by molar-refractivity contribution is 0.103. The molecule has 154 valence electrons. The normalized spacial score (nSPS) is 12.1. The molecule has 0 saturated heterocycles. The number of fused-ring (bicyclic) bond motifs is 3. The quantitative estimate of drug-likeness (QED) is 0.401. The van der Waals surface area contributed by atoms with Gasteiger partial charge in [0.05, 0.1) is 19.9 Å². The fourth-order valence-electron chi connectivity index (χ4n) is 4.41. The van der Waals surface area contributed by atoms with Crippen LogP contribution in [0.4, 0.5) is 0 Å². The lowest BCUT2D eigenvalue weighted by Crippen LogP contribution is -2.17. The predicted molar refractivity (Wildman–Crippen MR) is 122 cm³/mol. The molecule has 0 saturated carbocycles. The molecule has 1 aromatic heterocycles. The summed E-state index contributed by atoms with van der Waals surface area (Å²) < 4.78 is 13.2. The maximum absolute atomic E-state index is 13.6. The smallest absolute Gasteiger partial charge is 0.210 e. The number of aryl methyl sites for hydroxylation is 1. The van der Waals surface area contributed by atoms with Gasteiger partial charge in [0.25, 0.3) is 0 Å². The third-order valence-corrected chi connectivity index (χ3v) is 5.92. The van der Waals surface area contributed by atoms with Gasteiger partial charge < -0.3 is 14.0 Å². The average Bonchev–Trinajstić information content (AvgIpc) is 3.23. The van der Waals surface area contributed by atoms with Crippen LogP contribution in [-0.4, -0.2) is 24.6 Å². The number of rotatable bonds is 5. The molecule has 4 nitrogen and oxygen atoms in total. The molecular formula is C27H23NO3. The van der Waals surface area contributed by atoms with Gasteiger partial charge in [0, 0.05) is 28.9 Å². The summed E-state index contributed by atoms with van der Waals surface area (Å²) >= 11 is 0. The number of methoxy groups -OCH3 is 2. The van der Waals surface area contributed by atoms with E-state index < -0.39 is 0 Å². The lowest BCUT2D eigenvalue weighted by Gasteiger charge is -2.23. The van der Waals surface area contributed by atoms with Crippen molar-refractivity contribution < 1.29 is 14.3 Å². The van der Waals surface area contributed by atoms with Crippen LogP contribution in [0.5, 0.6) is 11.5 Å². The zero-order valence-corrected chi connectivity index (χ0v) is 17.6. The minimum atomic E-state index is 0.0367. The summed E-state index contributed by atoms with van der Waals surface area (Å²) in [5, 5.41) is 0. The van der Waals surface area contributed by atoms with Gasteiger partial charge in [-0.2, -0.15) is 0 Å². The molecule has 0 N–H and O–H groups in total. The highest BCUT2D eigenvalue weighted by Crippen LogP contribution is 2.42. The maximum Gasteiger partial charge on any atom is 0.210 e. The number of benzene rings is 3. The van der Waals surface area contributed by atoms with Crippen LogP contribution < -0.4 is 9.47 Å². The van der Waals surface area contributed by atoms with Crippen LogP contribution in [0.1, 0.15) is 21.6 Å². The van der Waals surface area contributed by atoms with E-state index in [0.29, 0.717) is 11.3 Å². The second kappa shape index (κ2) is 7.80. The highest BCUT2D eigenvalue weighted by atomic mass is 16.5. The fraction of sp³-hybridized carbons (Fsp3) is 0.148. The SMILES string of the molecule is COc1cc2c(cc1OC)-c1cc(-c3ccccc3)c(C(=O)c3ccccc3)n1CC2. The van der Waals surface area contributed by atoms with E-state index in [-0.39, 0.29) is 5.78 Å². The zero-order chi connectivity index (χ0) is 21.4. The van der Waals surface area contributed by atoms with Gasteiger partial charge in [-0.05, 0) is 35.7 Å². The number of hydrogen-bond donors (Lipinski definition) is 0. The molecule has 31 heavy (non-hydrogen) atoms. The molecule has 4 heteroatoms. The lowest BCUT2D eigenvalue weighted by atomic mass is 9.97. The first-order valence-corrected chi connectivity index (χ1v) is 10.3. The second-order valence-corrected chi connectivity index (χ2v) is 7.62. The minimum absolute atomic E-state index is 0.0367. The Kier molecular flexibility index (Phi) is 4.83. The van der Waals surface area contributed by atoms with E-state index in [1.807, 2.05) is 60.7 Å². The highest BCUT2D eigenvalue weighted by Gasteiger charge is 2.28. The highest BCUT2D eigenvalue weighted by molar-refractivity contribution is 6.12. The van der Waals surface area contributed by atoms with Crippen molar-refractivity contribution in [3.63, 3.8) is 0 Å². The van der Waals surface area contributed by atoms with Crippen molar-refractivity contribution in [3.05, 3.63) is 95.7 Å². The third kappa shape index (κ3) is 3.21. The molecule has 3 aromatic carbocycles. The summed E-state index contributed by atoms with van der Waals surface area (Å²) in [6, 6.07) is 25.8. The van der Waals surface area contributed by atoms with Gasteiger partial charge in [-0.15, -0.1) is 0 Å². The molecule has 2 heterocycles. The van der Waals surface area contributed by atoms with E-state index in [9.17, 15) is 4.79 Å². The van der Waals surface area contributed by atoms with Gasteiger partial charge in [-0.3, -0.25) is 4.79 Å². The Morgan fingerprint density at radius 2 is 1.45 bits per heavy atom. The van der Waals surface area contributed by atoms with Crippen molar-refractivity contribution in [2.24, 2.45) is 0 Å². The van der Waals surface area contributed by atoms with Crippen LogP contribution in [0.15, 0.2) is 78.9 Å². The topological polar surface area (TPSA) is 40.5 Å². The van der Waals surface area contributed by atoms with Crippen molar-refractivity contribution in [1.82, 2.24) is 4.57 Å².